The highest BCUT2D eigenvalue weighted by atomic mass is 32.2. The highest BCUT2D eigenvalue weighted by molar-refractivity contribution is 7.98. The number of anilines is 1. The van der Waals surface area contributed by atoms with Crippen LogP contribution in [0.1, 0.15) is 57.8 Å². The molecule has 28 heavy (non-hydrogen) atoms. The van der Waals surface area contributed by atoms with Crippen molar-refractivity contribution in [3.8, 4) is 0 Å². The molecule has 1 aromatic carbocycles. The average molecular weight is 440 g/mol. The van der Waals surface area contributed by atoms with Crippen LogP contribution >= 0.6 is 11.8 Å². The molecule has 0 fully saturated rings. The minimum atomic E-state index is -5.77. The number of para-hydroxylation sites is 1. The lowest BCUT2D eigenvalue weighted by Gasteiger charge is -2.23. The lowest BCUT2D eigenvalue weighted by atomic mass is 10.1. The molecule has 0 aliphatic rings. The minimum Gasteiger partial charge on any atom is -0.273 e. The number of carbonyl (C=O) groups is 1. The molecule has 0 aliphatic heterocycles. The Hall–Kier alpha value is -1.22. The SMILES string of the molecule is CSCCCCCCCCCCC(=O)N(c1ccccc1)S(=O)(=O)C(F)(F)F. The maximum atomic E-state index is 13.0. The smallest absolute Gasteiger partial charge is 0.273 e. The van der Waals surface area contributed by atoms with Crippen molar-refractivity contribution >= 4 is 33.4 Å². The third-order valence-electron chi connectivity index (χ3n) is 4.24. The molecule has 0 N–H and O–H groups in total. The van der Waals surface area contributed by atoms with Crippen molar-refractivity contribution < 1.29 is 26.4 Å². The molecular weight excluding hydrogens is 411 g/mol. The number of alkyl halides is 3. The molecule has 0 atom stereocenters. The first kappa shape index (κ1) is 24.8. The molecule has 0 saturated carbocycles. The fourth-order valence-corrected chi connectivity index (χ4v) is 4.23. The molecule has 4 nitrogen and oxygen atoms in total. The number of hydrogen-bond donors (Lipinski definition) is 0. The van der Waals surface area contributed by atoms with Crippen LogP contribution < -0.4 is 4.31 Å². The number of nitrogens with zero attached hydrogens (tertiary/aromatic N) is 1. The Morgan fingerprint density at radius 1 is 0.929 bits per heavy atom. The Bertz CT molecular complexity index is 679. The van der Waals surface area contributed by atoms with Gasteiger partial charge in [0.1, 0.15) is 0 Å². The number of benzene rings is 1. The largest absolute Gasteiger partial charge is 0.517 e. The monoisotopic (exact) mass is 439 g/mol. The van der Waals surface area contributed by atoms with Gasteiger partial charge in [-0.2, -0.15) is 37.7 Å². The normalized spacial score (nSPS) is 12.1. The van der Waals surface area contributed by atoms with Crippen LogP contribution in [0.15, 0.2) is 30.3 Å². The van der Waals surface area contributed by atoms with E-state index in [4.69, 9.17) is 0 Å². The standard InChI is InChI=1S/C19H28F3NO3S2/c1-27-16-12-7-5-3-2-4-6-11-15-18(24)23(17-13-9-8-10-14-17)28(25,26)19(20,21)22/h8-10,13-14H,2-7,11-12,15-16H2,1H3. The van der Waals surface area contributed by atoms with Crippen LogP contribution in [-0.2, 0) is 14.8 Å². The van der Waals surface area contributed by atoms with E-state index in [2.05, 4.69) is 6.26 Å². The van der Waals surface area contributed by atoms with Gasteiger partial charge in [-0.1, -0.05) is 56.7 Å². The Kier molecular flexibility index (Phi) is 11.0. The highest BCUT2D eigenvalue weighted by Gasteiger charge is 2.52. The van der Waals surface area contributed by atoms with E-state index in [9.17, 15) is 26.4 Å². The van der Waals surface area contributed by atoms with Crippen LogP contribution in [0.25, 0.3) is 0 Å². The van der Waals surface area contributed by atoms with Gasteiger partial charge in [-0.25, -0.2) is 0 Å². The predicted octanol–water partition coefficient (Wildman–Crippen LogP) is 5.74. The summed E-state index contributed by atoms with van der Waals surface area (Å²) >= 11 is 1.83. The van der Waals surface area contributed by atoms with Gasteiger partial charge in [-0.3, -0.25) is 4.79 Å². The van der Waals surface area contributed by atoms with Gasteiger partial charge < -0.3 is 0 Å². The summed E-state index contributed by atoms with van der Waals surface area (Å²) in [6.45, 7) is 0. The number of sulfonamides is 1. The van der Waals surface area contributed by atoms with Gasteiger partial charge in [0.15, 0.2) is 0 Å². The third kappa shape index (κ3) is 8.03. The van der Waals surface area contributed by atoms with E-state index in [0.717, 1.165) is 25.7 Å². The second kappa shape index (κ2) is 12.4. The first-order valence-electron chi connectivity index (χ1n) is 9.40. The fourth-order valence-electron chi connectivity index (χ4n) is 2.77. The van der Waals surface area contributed by atoms with Crippen LogP contribution in [0.3, 0.4) is 0 Å². The van der Waals surface area contributed by atoms with E-state index < -0.39 is 21.4 Å². The van der Waals surface area contributed by atoms with E-state index in [1.807, 2.05) is 11.8 Å². The fraction of sp³-hybridized carbons (Fsp3) is 0.632. The van der Waals surface area contributed by atoms with Crippen LogP contribution in [0.5, 0.6) is 0 Å². The lowest BCUT2D eigenvalue weighted by molar-refractivity contribution is -0.118. The quantitative estimate of drug-likeness (QED) is 0.368. The van der Waals surface area contributed by atoms with Gasteiger partial charge in [0, 0.05) is 6.42 Å². The van der Waals surface area contributed by atoms with Crippen LogP contribution in [0.4, 0.5) is 18.9 Å². The summed E-state index contributed by atoms with van der Waals surface area (Å²) in [5.41, 5.74) is -5.83. The summed E-state index contributed by atoms with van der Waals surface area (Å²) in [7, 11) is -5.77. The van der Waals surface area contributed by atoms with E-state index >= 15 is 0 Å². The van der Waals surface area contributed by atoms with Crippen molar-refractivity contribution in [3.05, 3.63) is 30.3 Å². The number of carbonyl (C=O) groups excluding carboxylic acids is 1. The van der Waals surface area contributed by atoms with Gasteiger partial charge in [-0.15, -0.1) is 0 Å². The Labute approximate surface area is 169 Å². The summed E-state index contributed by atoms with van der Waals surface area (Å²) in [6, 6.07) is 6.67. The van der Waals surface area contributed by atoms with Crippen molar-refractivity contribution in [1.82, 2.24) is 0 Å². The summed E-state index contributed by atoms with van der Waals surface area (Å²) < 4.78 is 62.6. The van der Waals surface area contributed by atoms with Gasteiger partial charge in [0.05, 0.1) is 5.69 Å². The number of halogens is 3. The van der Waals surface area contributed by atoms with Crippen LogP contribution in [0.2, 0.25) is 0 Å². The molecule has 0 saturated heterocycles. The average Bonchev–Trinajstić information content (AvgIpc) is 2.63. The maximum absolute atomic E-state index is 13.0. The molecule has 1 amide bonds. The molecule has 160 valence electrons. The van der Waals surface area contributed by atoms with E-state index in [1.165, 1.54) is 48.9 Å². The molecule has 0 radical (unpaired) electrons. The summed E-state index contributed by atoms with van der Waals surface area (Å²) in [6.07, 6.45) is 9.45. The molecule has 1 rings (SSSR count). The highest BCUT2D eigenvalue weighted by Crippen LogP contribution is 2.31. The van der Waals surface area contributed by atoms with E-state index in [0.29, 0.717) is 12.8 Å². The van der Waals surface area contributed by atoms with Crippen molar-refractivity contribution in [2.45, 2.75) is 63.3 Å². The molecule has 0 aliphatic carbocycles. The summed E-state index contributed by atoms with van der Waals surface area (Å²) in [4.78, 5) is 12.3. The minimum absolute atomic E-state index is 0.112. The van der Waals surface area contributed by atoms with Gasteiger partial charge >= 0.3 is 15.5 Å². The predicted molar refractivity (Wildman–Crippen MR) is 109 cm³/mol. The lowest BCUT2D eigenvalue weighted by Crippen LogP contribution is -2.44. The number of thioether (sulfide) groups is 1. The number of rotatable bonds is 13. The van der Waals surface area contributed by atoms with Gasteiger partial charge in [0.25, 0.3) is 0 Å². The van der Waals surface area contributed by atoms with Crippen LogP contribution in [0, 0.1) is 0 Å². The topological polar surface area (TPSA) is 54.5 Å². The van der Waals surface area contributed by atoms with E-state index in [1.54, 1.807) is 0 Å². The van der Waals surface area contributed by atoms with Gasteiger partial charge in [0.2, 0.25) is 5.91 Å². The molecule has 9 heteroatoms. The molecule has 0 spiro atoms. The van der Waals surface area contributed by atoms with Crippen molar-refractivity contribution in [3.63, 3.8) is 0 Å². The zero-order valence-corrected chi connectivity index (χ0v) is 17.7. The van der Waals surface area contributed by atoms with E-state index in [-0.39, 0.29) is 16.4 Å². The Balaban J connectivity index is 2.52. The molecular formula is C19H28F3NO3S2. The molecule has 0 bridgehead atoms. The Morgan fingerprint density at radius 2 is 1.43 bits per heavy atom. The number of unbranched alkanes of at least 4 members (excludes halogenated alkanes) is 7. The molecule has 0 unspecified atom stereocenters. The molecule has 0 aromatic heterocycles. The van der Waals surface area contributed by atoms with Crippen LogP contribution in [-0.4, -0.2) is 31.8 Å². The first-order valence-corrected chi connectivity index (χ1v) is 12.2. The second-order valence-corrected chi connectivity index (χ2v) is 9.28. The second-order valence-electron chi connectivity index (χ2n) is 6.52. The zero-order chi connectivity index (χ0) is 21.0. The zero-order valence-electron chi connectivity index (χ0n) is 16.1. The summed E-state index contributed by atoms with van der Waals surface area (Å²) in [5.74, 6) is 0.113. The molecule has 1 aromatic rings. The Morgan fingerprint density at radius 3 is 1.93 bits per heavy atom. The third-order valence-corrected chi connectivity index (χ3v) is 6.42. The maximum Gasteiger partial charge on any atom is 0.517 e. The summed E-state index contributed by atoms with van der Waals surface area (Å²) in [5, 5.41) is 0. The number of amides is 1. The van der Waals surface area contributed by atoms with Crippen molar-refractivity contribution in [2.75, 3.05) is 16.3 Å². The van der Waals surface area contributed by atoms with Gasteiger partial charge in [-0.05, 0) is 37.0 Å². The van der Waals surface area contributed by atoms with Crippen molar-refractivity contribution in [2.24, 2.45) is 0 Å². The van der Waals surface area contributed by atoms with Crippen molar-refractivity contribution in [1.29, 1.82) is 0 Å². The first-order chi connectivity index (χ1) is 13.2. The number of hydrogen-bond acceptors (Lipinski definition) is 4. The molecule has 0 heterocycles.